The molecule has 4 aromatic rings. The van der Waals surface area contributed by atoms with E-state index >= 15 is 0 Å². The van der Waals surface area contributed by atoms with Crippen LogP contribution in [0.25, 0.3) is 0 Å². The molecule has 1 unspecified atom stereocenters. The second-order valence-electron chi connectivity index (χ2n) is 9.41. The van der Waals surface area contributed by atoms with Gasteiger partial charge in [0.25, 0.3) is 5.69 Å². The Balaban J connectivity index is 0.000000370. The second kappa shape index (κ2) is 7.57. The van der Waals surface area contributed by atoms with Crippen LogP contribution < -0.4 is 14.5 Å². The number of nitrogens with zero attached hydrogens (tertiary/aromatic N) is 3. The van der Waals surface area contributed by atoms with E-state index in [0.29, 0.717) is 5.69 Å². The van der Waals surface area contributed by atoms with Gasteiger partial charge in [0.1, 0.15) is 17.2 Å². The van der Waals surface area contributed by atoms with Gasteiger partial charge in [0, 0.05) is 53.2 Å². The molecule has 0 saturated carbocycles. The zero-order valence-corrected chi connectivity index (χ0v) is 21.1. The quantitative estimate of drug-likeness (QED) is 0.0951. The van der Waals surface area contributed by atoms with Crippen molar-refractivity contribution in [1.82, 2.24) is 0 Å². The van der Waals surface area contributed by atoms with E-state index in [1.807, 2.05) is 54.4 Å². The molecule has 208 valence electrons. The third-order valence-electron chi connectivity index (χ3n) is 6.85. The summed E-state index contributed by atoms with van der Waals surface area (Å²) in [6.07, 6.45) is 0. The topological polar surface area (TPSA) is 79.1 Å². The number of aromatic hydroxyl groups is 1. The van der Waals surface area contributed by atoms with E-state index in [9.17, 15) is 40.4 Å². The van der Waals surface area contributed by atoms with Crippen LogP contribution in [0.5, 0.6) is 17.2 Å². The zero-order chi connectivity index (χ0) is 28.8. The molecular weight excluding hydrogens is 563 g/mol. The molecule has 1 N–H and O–H groups in total. The van der Waals surface area contributed by atoms with Crippen LogP contribution in [-0.4, -0.2) is 17.1 Å². The SMILES string of the molecule is CN1c2cccc3c2C2c4c(cccc4N(c4cc([N+](=O)[O-])ccc4O)c4cccc1c42)O3.F[P-](F)(F)(F)(F)F. The fourth-order valence-electron chi connectivity index (χ4n) is 5.51. The van der Waals surface area contributed by atoms with Crippen LogP contribution in [0.2, 0.25) is 0 Å². The number of phenolic OH excluding ortho intramolecular Hbond substituents is 1. The average Bonchev–Trinajstić information content (AvgIpc) is 2.85. The first-order valence-corrected chi connectivity index (χ1v) is 13.7. The van der Waals surface area contributed by atoms with Crippen molar-refractivity contribution in [2.45, 2.75) is 5.92 Å². The van der Waals surface area contributed by atoms with Gasteiger partial charge in [0.15, 0.2) is 0 Å². The van der Waals surface area contributed by atoms with Gasteiger partial charge in [-0.25, -0.2) is 0 Å². The van der Waals surface area contributed by atoms with Crippen LogP contribution in [-0.2, 0) is 0 Å². The number of halogens is 6. The fourth-order valence-corrected chi connectivity index (χ4v) is 5.51. The molecule has 4 aromatic carbocycles. The number of ether oxygens (including phenoxy) is 1. The molecule has 14 heteroatoms. The second-order valence-corrected chi connectivity index (χ2v) is 11.3. The third kappa shape index (κ3) is 4.32. The van der Waals surface area contributed by atoms with Crippen LogP contribution in [0.15, 0.2) is 72.8 Å². The average molecular weight is 580 g/mol. The van der Waals surface area contributed by atoms with Gasteiger partial charge in [-0.2, -0.15) is 0 Å². The first kappa shape index (κ1) is 25.8. The molecule has 1 atom stereocenters. The molecule has 3 aliphatic rings. The Kier molecular flexibility index (Phi) is 4.87. The maximum absolute atomic E-state index is 11.5. The summed E-state index contributed by atoms with van der Waals surface area (Å²) in [6, 6.07) is 22.1. The molecule has 0 saturated heterocycles. The molecule has 0 aliphatic carbocycles. The van der Waals surface area contributed by atoms with Crippen LogP contribution in [0.4, 0.5) is 59.3 Å². The number of nitro benzene ring substituents is 1. The third-order valence-corrected chi connectivity index (χ3v) is 6.85. The summed E-state index contributed by atoms with van der Waals surface area (Å²) in [4.78, 5) is 15.1. The summed E-state index contributed by atoms with van der Waals surface area (Å²) in [6.45, 7) is 0. The Labute approximate surface area is 221 Å². The molecule has 0 bridgehead atoms. The molecular formula is C26H17F6N3O4P-. The van der Waals surface area contributed by atoms with E-state index in [4.69, 9.17) is 4.74 Å². The number of hydrogen-bond acceptors (Lipinski definition) is 6. The molecule has 7 rings (SSSR count). The number of anilines is 5. The van der Waals surface area contributed by atoms with Crippen molar-refractivity contribution in [3.05, 3.63) is 99.6 Å². The monoisotopic (exact) mass is 580 g/mol. The van der Waals surface area contributed by atoms with E-state index in [2.05, 4.69) is 17.0 Å². The summed E-state index contributed by atoms with van der Waals surface area (Å²) in [5.41, 5.74) is 7.34. The summed E-state index contributed by atoms with van der Waals surface area (Å²) >= 11 is 0. The molecule has 40 heavy (non-hydrogen) atoms. The summed E-state index contributed by atoms with van der Waals surface area (Å²) < 4.78 is 65.5. The Hall–Kier alpha value is -4.51. The van der Waals surface area contributed by atoms with E-state index in [1.54, 1.807) is 0 Å². The van der Waals surface area contributed by atoms with E-state index in [0.717, 1.165) is 50.9 Å². The molecule has 0 radical (unpaired) electrons. The first-order valence-electron chi connectivity index (χ1n) is 11.6. The van der Waals surface area contributed by atoms with Crippen LogP contribution in [0.3, 0.4) is 0 Å². The minimum absolute atomic E-state index is 0.0313. The number of non-ortho nitro benzene ring substituents is 1. The number of rotatable bonds is 2. The van der Waals surface area contributed by atoms with Gasteiger partial charge in [-0.05, 0) is 42.5 Å². The van der Waals surface area contributed by atoms with Gasteiger partial charge < -0.3 is 19.6 Å². The Bertz CT molecular complexity index is 1750. The minimum atomic E-state index is -10.7. The number of hydrogen-bond donors (Lipinski definition) is 1. The molecule has 7 nitrogen and oxygen atoms in total. The summed E-state index contributed by atoms with van der Waals surface area (Å²) in [5.74, 6) is 1.52. The van der Waals surface area contributed by atoms with E-state index < -0.39 is 12.7 Å². The van der Waals surface area contributed by atoms with Gasteiger partial charge in [0.05, 0.1) is 22.0 Å². The Morgan fingerprint density at radius 1 is 0.775 bits per heavy atom. The Morgan fingerprint density at radius 3 is 1.82 bits per heavy atom. The van der Waals surface area contributed by atoms with Crippen molar-refractivity contribution in [3.63, 3.8) is 0 Å². The number of benzene rings is 4. The van der Waals surface area contributed by atoms with Crippen molar-refractivity contribution < 1.29 is 39.9 Å². The van der Waals surface area contributed by atoms with Gasteiger partial charge in [-0.15, -0.1) is 0 Å². The normalized spacial score (nSPS) is 17.4. The van der Waals surface area contributed by atoms with Crippen molar-refractivity contribution in [2.24, 2.45) is 0 Å². The van der Waals surface area contributed by atoms with Crippen LogP contribution in [0, 0.1) is 10.1 Å². The van der Waals surface area contributed by atoms with Crippen molar-refractivity contribution in [3.8, 4) is 17.2 Å². The molecule has 0 spiro atoms. The van der Waals surface area contributed by atoms with Gasteiger partial charge >= 0.3 is 33.0 Å². The predicted octanol–water partition coefficient (Wildman–Crippen LogP) is 9.83. The summed E-state index contributed by atoms with van der Waals surface area (Å²) in [5, 5.41) is 22.3. The van der Waals surface area contributed by atoms with Crippen molar-refractivity contribution in [1.29, 1.82) is 0 Å². The van der Waals surface area contributed by atoms with E-state index in [1.165, 1.54) is 18.2 Å². The molecule has 3 heterocycles. The van der Waals surface area contributed by atoms with Gasteiger partial charge in [0.2, 0.25) is 0 Å². The molecule has 0 aromatic heterocycles. The standard InChI is InChI=1S/C26H17N3O4.F6P/c1-27-15-5-2-7-17-23(15)26-24-16(27)6-3-9-21(24)33-22-10-4-8-18(25(22)26)28(17)19-13-14(29(31)32)11-12-20(19)30;1-7(2,3,4,5)6/h2-13,26,30H,1H3;/q;-1. The van der Waals surface area contributed by atoms with Gasteiger partial charge in [-0.1, -0.05) is 18.2 Å². The van der Waals surface area contributed by atoms with Crippen LogP contribution in [0.1, 0.15) is 22.6 Å². The maximum atomic E-state index is 11.5. The number of nitro groups is 1. The molecule has 3 aliphatic heterocycles. The molecule has 0 fully saturated rings. The first-order chi connectivity index (χ1) is 18.5. The van der Waals surface area contributed by atoms with Crippen LogP contribution >= 0.6 is 7.81 Å². The predicted molar refractivity (Wildman–Crippen MR) is 139 cm³/mol. The fraction of sp³-hybridized carbons (Fsp3) is 0.0769. The number of phenols is 1. The van der Waals surface area contributed by atoms with Crippen molar-refractivity contribution >= 4 is 41.9 Å². The van der Waals surface area contributed by atoms with E-state index in [-0.39, 0.29) is 17.4 Å². The Morgan fingerprint density at radius 2 is 1.25 bits per heavy atom. The zero-order valence-electron chi connectivity index (χ0n) is 20.2. The summed E-state index contributed by atoms with van der Waals surface area (Å²) in [7, 11) is -8.62. The molecule has 0 amide bonds. The van der Waals surface area contributed by atoms with Crippen molar-refractivity contribution in [2.75, 3.05) is 16.8 Å². The van der Waals surface area contributed by atoms with Gasteiger partial charge in [-0.3, -0.25) is 10.1 Å².